The summed E-state index contributed by atoms with van der Waals surface area (Å²) in [7, 11) is 0. The monoisotopic (exact) mass is 236 g/mol. The van der Waals surface area contributed by atoms with E-state index in [-0.39, 0.29) is 6.67 Å². The quantitative estimate of drug-likeness (QED) is 0.863. The van der Waals surface area contributed by atoms with Crippen LogP contribution in [0.25, 0.3) is 0 Å². The molecule has 0 saturated carbocycles. The van der Waals surface area contributed by atoms with Crippen LogP contribution in [0.15, 0.2) is 30.3 Å². The molecule has 1 N–H and O–H groups in total. The van der Waals surface area contributed by atoms with Crippen LogP contribution in [0.4, 0.5) is 4.39 Å². The summed E-state index contributed by atoms with van der Waals surface area (Å²) in [4.78, 5) is 2.40. The van der Waals surface area contributed by atoms with Crippen LogP contribution < -0.4 is 5.32 Å². The van der Waals surface area contributed by atoms with Gasteiger partial charge < -0.3 is 5.32 Å². The van der Waals surface area contributed by atoms with E-state index in [1.165, 1.54) is 5.56 Å². The summed E-state index contributed by atoms with van der Waals surface area (Å²) in [6, 6.07) is 11.4. The van der Waals surface area contributed by atoms with Gasteiger partial charge in [-0.15, -0.1) is 0 Å². The molecular formula is C14H21FN2. The van der Waals surface area contributed by atoms with Gasteiger partial charge in [-0.2, -0.15) is 0 Å². The molecule has 2 rings (SSSR count). The lowest BCUT2D eigenvalue weighted by Gasteiger charge is -2.39. The molecule has 0 spiro atoms. The summed E-state index contributed by atoms with van der Waals surface area (Å²) in [6.45, 7) is 4.77. The van der Waals surface area contributed by atoms with Crippen LogP contribution in [-0.2, 0) is 0 Å². The standard InChI is InChI=1S/C14H21FN2/c1-12-11-17(9-5-8-15)14(10-16-12)13-6-3-2-4-7-13/h2-4,6-7,12,14,16H,5,8-11H2,1H3. The second-order valence-electron chi connectivity index (χ2n) is 4.77. The molecule has 2 nitrogen and oxygen atoms in total. The lowest BCUT2D eigenvalue weighted by Crippen LogP contribution is -2.51. The van der Waals surface area contributed by atoms with Gasteiger partial charge in [0, 0.05) is 31.7 Å². The van der Waals surface area contributed by atoms with Crippen molar-refractivity contribution >= 4 is 0 Å². The fourth-order valence-electron chi connectivity index (χ4n) is 2.50. The summed E-state index contributed by atoms with van der Waals surface area (Å²) in [5.41, 5.74) is 1.32. The molecule has 1 aromatic rings. The molecule has 17 heavy (non-hydrogen) atoms. The Labute approximate surface area is 103 Å². The Hall–Kier alpha value is -0.930. The third-order valence-electron chi connectivity index (χ3n) is 3.37. The average Bonchev–Trinajstić information content (AvgIpc) is 2.37. The summed E-state index contributed by atoms with van der Waals surface area (Å²) in [5.74, 6) is 0. The lowest BCUT2D eigenvalue weighted by molar-refractivity contribution is 0.131. The Bertz CT molecular complexity index is 328. The Kier molecular flexibility index (Phi) is 4.51. The third kappa shape index (κ3) is 3.27. The number of alkyl halides is 1. The van der Waals surface area contributed by atoms with E-state index in [0.717, 1.165) is 19.6 Å². The highest BCUT2D eigenvalue weighted by Crippen LogP contribution is 2.23. The molecule has 0 bridgehead atoms. The minimum atomic E-state index is -0.222. The molecule has 2 unspecified atom stereocenters. The van der Waals surface area contributed by atoms with Crippen molar-refractivity contribution in [2.75, 3.05) is 26.3 Å². The van der Waals surface area contributed by atoms with Gasteiger partial charge >= 0.3 is 0 Å². The van der Waals surface area contributed by atoms with Crippen molar-refractivity contribution in [1.82, 2.24) is 10.2 Å². The van der Waals surface area contributed by atoms with Crippen LogP contribution in [0.2, 0.25) is 0 Å². The highest BCUT2D eigenvalue weighted by atomic mass is 19.1. The van der Waals surface area contributed by atoms with Crippen LogP contribution in [0, 0.1) is 0 Å². The molecular weight excluding hydrogens is 215 g/mol. The Balaban J connectivity index is 2.07. The molecule has 1 aromatic carbocycles. The van der Waals surface area contributed by atoms with Gasteiger partial charge in [0.15, 0.2) is 0 Å². The molecule has 1 saturated heterocycles. The predicted molar refractivity (Wildman–Crippen MR) is 68.8 cm³/mol. The average molecular weight is 236 g/mol. The van der Waals surface area contributed by atoms with Gasteiger partial charge in [-0.3, -0.25) is 9.29 Å². The Morgan fingerprint density at radius 1 is 1.35 bits per heavy atom. The molecule has 1 fully saturated rings. The summed E-state index contributed by atoms with van der Waals surface area (Å²) < 4.78 is 12.3. The fraction of sp³-hybridized carbons (Fsp3) is 0.571. The number of piperazine rings is 1. The molecule has 3 heteroatoms. The van der Waals surface area contributed by atoms with Gasteiger partial charge in [0.2, 0.25) is 0 Å². The Morgan fingerprint density at radius 2 is 2.12 bits per heavy atom. The minimum Gasteiger partial charge on any atom is -0.311 e. The maximum atomic E-state index is 12.3. The van der Waals surface area contributed by atoms with E-state index in [4.69, 9.17) is 0 Å². The van der Waals surface area contributed by atoms with Gasteiger partial charge in [-0.05, 0) is 18.9 Å². The maximum absolute atomic E-state index is 12.3. The predicted octanol–water partition coefficient (Wildman–Crippen LogP) is 2.38. The maximum Gasteiger partial charge on any atom is 0.0906 e. The zero-order valence-electron chi connectivity index (χ0n) is 10.4. The summed E-state index contributed by atoms with van der Waals surface area (Å²) in [5, 5.41) is 3.50. The SMILES string of the molecule is CC1CN(CCCF)C(c2ccccc2)CN1. The van der Waals surface area contributed by atoms with Gasteiger partial charge in [0.25, 0.3) is 0 Å². The smallest absolute Gasteiger partial charge is 0.0906 e. The van der Waals surface area contributed by atoms with E-state index in [0.29, 0.717) is 18.5 Å². The number of hydrogen-bond donors (Lipinski definition) is 1. The third-order valence-corrected chi connectivity index (χ3v) is 3.37. The number of benzene rings is 1. The molecule has 2 atom stereocenters. The topological polar surface area (TPSA) is 15.3 Å². The van der Waals surface area contributed by atoms with E-state index >= 15 is 0 Å². The Morgan fingerprint density at radius 3 is 2.82 bits per heavy atom. The molecule has 1 heterocycles. The normalized spacial score (nSPS) is 26.0. The van der Waals surface area contributed by atoms with Gasteiger partial charge in [0.1, 0.15) is 0 Å². The van der Waals surface area contributed by atoms with Gasteiger partial charge in [-0.25, -0.2) is 0 Å². The number of nitrogens with one attached hydrogen (secondary N) is 1. The van der Waals surface area contributed by atoms with E-state index in [9.17, 15) is 4.39 Å². The van der Waals surface area contributed by atoms with Crippen molar-refractivity contribution in [2.24, 2.45) is 0 Å². The van der Waals surface area contributed by atoms with Crippen molar-refractivity contribution in [2.45, 2.75) is 25.4 Å². The fourth-order valence-corrected chi connectivity index (χ4v) is 2.50. The van der Waals surface area contributed by atoms with Gasteiger partial charge in [-0.1, -0.05) is 30.3 Å². The molecule has 1 aliphatic heterocycles. The molecule has 0 radical (unpaired) electrons. The van der Waals surface area contributed by atoms with Crippen LogP contribution >= 0.6 is 0 Å². The molecule has 0 aliphatic carbocycles. The van der Waals surface area contributed by atoms with E-state index in [1.54, 1.807) is 0 Å². The zero-order valence-corrected chi connectivity index (χ0v) is 10.4. The van der Waals surface area contributed by atoms with Crippen LogP contribution in [-0.4, -0.2) is 37.3 Å². The van der Waals surface area contributed by atoms with Crippen molar-refractivity contribution in [1.29, 1.82) is 0 Å². The highest BCUT2D eigenvalue weighted by molar-refractivity contribution is 5.20. The summed E-state index contributed by atoms with van der Waals surface area (Å²) in [6.07, 6.45) is 0.635. The molecule has 0 aromatic heterocycles. The lowest BCUT2D eigenvalue weighted by atomic mass is 10.0. The number of hydrogen-bond acceptors (Lipinski definition) is 2. The second-order valence-corrected chi connectivity index (χ2v) is 4.77. The van der Waals surface area contributed by atoms with Gasteiger partial charge in [0.05, 0.1) is 6.67 Å². The molecule has 1 aliphatic rings. The largest absolute Gasteiger partial charge is 0.311 e. The first-order valence-electron chi connectivity index (χ1n) is 6.39. The first kappa shape index (κ1) is 12.5. The van der Waals surface area contributed by atoms with E-state index in [1.807, 2.05) is 6.07 Å². The van der Waals surface area contributed by atoms with E-state index in [2.05, 4.69) is 41.4 Å². The first-order valence-corrected chi connectivity index (χ1v) is 6.39. The number of halogens is 1. The van der Waals surface area contributed by atoms with Crippen molar-refractivity contribution in [3.8, 4) is 0 Å². The van der Waals surface area contributed by atoms with Crippen molar-refractivity contribution in [3.05, 3.63) is 35.9 Å². The van der Waals surface area contributed by atoms with Crippen LogP contribution in [0.3, 0.4) is 0 Å². The van der Waals surface area contributed by atoms with Crippen LogP contribution in [0.1, 0.15) is 24.9 Å². The van der Waals surface area contributed by atoms with E-state index < -0.39 is 0 Å². The molecule has 0 amide bonds. The number of nitrogens with zero attached hydrogens (tertiary/aromatic N) is 1. The number of rotatable bonds is 4. The summed E-state index contributed by atoms with van der Waals surface area (Å²) >= 11 is 0. The van der Waals surface area contributed by atoms with Crippen molar-refractivity contribution in [3.63, 3.8) is 0 Å². The van der Waals surface area contributed by atoms with Crippen LogP contribution in [0.5, 0.6) is 0 Å². The van der Waals surface area contributed by atoms with Crippen molar-refractivity contribution < 1.29 is 4.39 Å². The molecule has 94 valence electrons. The second kappa shape index (κ2) is 6.12. The first-order chi connectivity index (χ1) is 8.31. The zero-order chi connectivity index (χ0) is 12.1. The highest BCUT2D eigenvalue weighted by Gasteiger charge is 2.26. The minimum absolute atomic E-state index is 0.222.